The first kappa shape index (κ1) is 23.9. The van der Waals surface area contributed by atoms with Crippen LogP contribution in [0.5, 0.6) is 11.5 Å². The van der Waals surface area contributed by atoms with Crippen molar-refractivity contribution in [3.63, 3.8) is 0 Å². The number of hydrogen-bond donors (Lipinski definition) is 1. The maximum atomic E-state index is 13.4. The third-order valence-electron chi connectivity index (χ3n) is 5.98. The van der Waals surface area contributed by atoms with Gasteiger partial charge in [-0.1, -0.05) is 54.6 Å². The molecule has 3 aromatic carbocycles. The van der Waals surface area contributed by atoms with E-state index in [1.807, 2.05) is 61.8 Å². The number of para-hydroxylation sites is 2. The molecule has 7 nitrogen and oxygen atoms in total. The number of ether oxygens (including phenoxy) is 2. The largest absolute Gasteiger partial charge is 0.493 e. The first-order chi connectivity index (χ1) is 17.0. The summed E-state index contributed by atoms with van der Waals surface area (Å²) in [6, 6.07) is 22.7. The lowest BCUT2D eigenvalue weighted by molar-refractivity contribution is -0.134. The molecule has 0 saturated carbocycles. The van der Waals surface area contributed by atoms with Crippen molar-refractivity contribution in [2.75, 3.05) is 20.3 Å². The standard InChI is InChI=1S/C28H28N2O5/c1-29-17-21(22-11-6-7-13-24(22)29)18-30(16-15-20-9-4-3-5-10-20)26(31)19-35-27-23(28(32)33)12-8-14-25(27)34-2/h3-14,17H,15-16,18-19H2,1-2H3,(H,32,33). The van der Waals surface area contributed by atoms with Crippen molar-refractivity contribution in [1.82, 2.24) is 9.47 Å². The molecule has 0 aliphatic rings. The smallest absolute Gasteiger partial charge is 0.339 e. The van der Waals surface area contributed by atoms with Crippen LogP contribution in [-0.2, 0) is 24.8 Å². The van der Waals surface area contributed by atoms with Gasteiger partial charge in [-0.2, -0.15) is 0 Å². The second-order valence-corrected chi connectivity index (χ2v) is 8.26. The number of benzene rings is 3. The lowest BCUT2D eigenvalue weighted by Gasteiger charge is -2.23. The van der Waals surface area contributed by atoms with Crippen molar-refractivity contribution in [3.05, 3.63) is 95.7 Å². The highest BCUT2D eigenvalue weighted by atomic mass is 16.5. The van der Waals surface area contributed by atoms with Gasteiger partial charge in [0.25, 0.3) is 5.91 Å². The third-order valence-corrected chi connectivity index (χ3v) is 5.98. The number of amides is 1. The van der Waals surface area contributed by atoms with E-state index in [9.17, 15) is 14.7 Å². The van der Waals surface area contributed by atoms with Gasteiger partial charge in [-0.05, 0) is 35.7 Å². The zero-order chi connectivity index (χ0) is 24.8. The van der Waals surface area contributed by atoms with E-state index in [0.717, 1.165) is 22.0 Å². The van der Waals surface area contributed by atoms with Crippen molar-refractivity contribution in [2.24, 2.45) is 7.05 Å². The van der Waals surface area contributed by atoms with Gasteiger partial charge in [-0.3, -0.25) is 4.79 Å². The summed E-state index contributed by atoms with van der Waals surface area (Å²) in [7, 11) is 3.42. The van der Waals surface area contributed by atoms with Crippen molar-refractivity contribution in [3.8, 4) is 11.5 Å². The third kappa shape index (κ3) is 5.46. The second-order valence-electron chi connectivity index (χ2n) is 8.26. The fourth-order valence-corrected chi connectivity index (χ4v) is 4.18. The molecule has 1 amide bonds. The first-order valence-corrected chi connectivity index (χ1v) is 11.4. The maximum absolute atomic E-state index is 13.4. The zero-order valence-electron chi connectivity index (χ0n) is 19.8. The van der Waals surface area contributed by atoms with Gasteiger partial charge in [-0.25, -0.2) is 4.79 Å². The summed E-state index contributed by atoms with van der Waals surface area (Å²) >= 11 is 0. The summed E-state index contributed by atoms with van der Waals surface area (Å²) in [5, 5.41) is 10.6. The van der Waals surface area contributed by atoms with Crippen molar-refractivity contribution < 1.29 is 24.2 Å². The SMILES string of the molecule is COc1cccc(C(=O)O)c1OCC(=O)N(CCc1ccccc1)Cc1cn(C)c2ccccc12. The summed E-state index contributed by atoms with van der Waals surface area (Å²) in [6.45, 7) is 0.599. The fourth-order valence-electron chi connectivity index (χ4n) is 4.18. The lowest BCUT2D eigenvalue weighted by Crippen LogP contribution is -2.36. The summed E-state index contributed by atoms with van der Waals surface area (Å²) in [6.07, 6.45) is 2.73. The van der Waals surface area contributed by atoms with E-state index in [0.29, 0.717) is 19.5 Å². The Labute approximate surface area is 204 Å². The molecular weight excluding hydrogens is 444 g/mol. The van der Waals surface area contributed by atoms with Gasteiger partial charge in [0.2, 0.25) is 0 Å². The predicted octanol–water partition coefficient (Wildman–Crippen LogP) is 4.54. The number of rotatable bonds is 10. The Hall–Kier alpha value is -4.26. The highest BCUT2D eigenvalue weighted by Gasteiger charge is 2.21. The summed E-state index contributed by atoms with van der Waals surface area (Å²) in [4.78, 5) is 26.8. The van der Waals surface area contributed by atoms with Gasteiger partial charge in [0, 0.05) is 37.2 Å². The molecule has 4 aromatic rings. The number of aryl methyl sites for hydroxylation is 1. The van der Waals surface area contributed by atoms with Crippen LogP contribution in [0.1, 0.15) is 21.5 Å². The number of fused-ring (bicyclic) bond motifs is 1. The average molecular weight is 473 g/mol. The van der Waals surface area contributed by atoms with Gasteiger partial charge < -0.3 is 24.0 Å². The van der Waals surface area contributed by atoms with Crippen molar-refractivity contribution in [2.45, 2.75) is 13.0 Å². The van der Waals surface area contributed by atoms with Gasteiger partial charge in [-0.15, -0.1) is 0 Å². The Bertz CT molecular complexity index is 1330. The number of methoxy groups -OCH3 is 1. The van der Waals surface area contributed by atoms with Gasteiger partial charge in [0.1, 0.15) is 5.56 Å². The zero-order valence-corrected chi connectivity index (χ0v) is 19.8. The number of carboxylic acids is 1. The molecule has 0 bridgehead atoms. The minimum absolute atomic E-state index is 0.0454. The molecule has 0 aliphatic carbocycles. The molecule has 180 valence electrons. The van der Waals surface area contributed by atoms with E-state index in [1.165, 1.54) is 13.2 Å². The topological polar surface area (TPSA) is 81.0 Å². The van der Waals surface area contributed by atoms with E-state index >= 15 is 0 Å². The van der Waals surface area contributed by atoms with Crippen LogP contribution in [0.4, 0.5) is 0 Å². The Kier molecular flexibility index (Phi) is 7.35. The second kappa shape index (κ2) is 10.8. The molecule has 7 heteroatoms. The van der Waals surface area contributed by atoms with Crippen molar-refractivity contribution in [1.29, 1.82) is 0 Å². The molecule has 0 fully saturated rings. The van der Waals surface area contributed by atoms with Gasteiger partial charge in [0.05, 0.1) is 7.11 Å². The molecule has 0 radical (unpaired) electrons. The molecule has 0 saturated heterocycles. The molecule has 1 N–H and O–H groups in total. The molecule has 35 heavy (non-hydrogen) atoms. The Morgan fingerprint density at radius 3 is 2.46 bits per heavy atom. The van der Waals surface area contributed by atoms with Crippen LogP contribution in [0, 0.1) is 0 Å². The van der Waals surface area contributed by atoms with Gasteiger partial charge in [0.15, 0.2) is 18.1 Å². The number of aromatic nitrogens is 1. The molecule has 0 spiro atoms. The minimum atomic E-state index is -1.15. The van der Waals surface area contributed by atoms with Crippen LogP contribution in [0.3, 0.4) is 0 Å². The quantitative estimate of drug-likeness (QED) is 0.367. The number of aromatic carboxylic acids is 1. The Balaban J connectivity index is 1.57. The van der Waals surface area contributed by atoms with Gasteiger partial charge >= 0.3 is 5.97 Å². The van der Waals surface area contributed by atoms with Crippen LogP contribution in [0.25, 0.3) is 10.9 Å². The van der Waals surface area contributed by atoms with Crippen LogP contribution in [0.15, 0.2) is 79.0 Å². The average Bonchev–Trinajstić information content (AvgIpc) is 3.20. The first-order valence-electron chi connectivity index (χ1n) is 11.4. The summed E-state index contributed by atoms with van der Waals surface area (Å²) in [5.74, 6) is -1.08. The Morgan fingerprint density at radius 1 is 0.971 bits per heavy atom. The predicted molar refractivity (Wildman–Crippen MR) is 134 cm³/mol. The molecule has 1 heterocycles. The molecular formula is C28H28N2O5. The number of hydrogen-bond acceptors (Lipinski definition) is 4. The lowest BCUT2D eigenvalue weighted by atomic mass is 10.1. The normalized spacial score (nSPS) is 10.8. The monoisotopic (exact) mass is 472 g/mol. The Morgan fingerprint density at radius 2 is 1.71 bits per heavy atom. The molecule has 0 atom stereocenters. The molecule has 0 unspecified atom stereocenters. The van der Waals surface area contributed by atoms with Crippen LogP contribution < -0.4 is 9.47 Å². The van der Waals surface area contributed by atoms with E-state index in [4.69, 9.17) is 9.47 Å². The summed E-state index contributed by atoms with van der Waals surface area (Å²) < 4.78 is 13.1. The van der Waals surface area contributed by atoms with Crippen molar-refractivity contribution >= 4 is 22.8 Å². The maximum Gasteiger partial charge on any atom is 0.339 e. The molecule has 0 aliphatic heterocycles. The van der Waals surface area contributed by atoms with E-state index in [1.54, 1.807) is 17.0 Å². The van der Waals surface area contributed by atoms with Crippen LogP contribution in [0.2, 0.25) is 0 Å². The summed E-state index contributed by atoms with van der Waals surface area (Å²) in [5.41, 5.74) is 3.20. The number of nitrogens with zero attached hydrogens (tertiary/aromatic N) is 2. The molecule has 4 rings (SSSR count). The minimum Gasteiger partial charge on any atom is -0.493 e. The van der Waals surface area contributed by atoms with E-state index in [2.05, 4.69) is 10.6 Å². The van der Waals surface area contributed by atoms with Crippen LogP contribution >= 0.6 is 0 Å². The fraction of sp³-hybridized carbons (Fsp3) is 0.214. The van der Waals surface area contributed by atoms with Crippen LogP contribution in [-0.4, -0.2) is 46.7 Å². The molecule has 1 aromatic heterocycles. The highest BCUT2D eigenvalue weighted by Crippen LogP contribution is 2.31. The van der Waals surface area contributed by atoms with E-state index < -0.39 is 5.97 Å². The number of carboxylic acid groups (broad SMARTS) is 1. The van der Waals surface area contributed by atoms with E-state index in [-0.39, 0.29) is 29.6 Å². The number of carbonyl (C=O) groups is 2. The highest BCUT2D eigenvalue weighted by molar-refractivity contribution is 5.92. The number of carbonyl (C=O) groups excluding carboxylic acids is 1.